The highest BCUT2D eigenvalue weighted by molar-refractivity contribution is 6.04. The van der Waals surface area contributed by atoms with E-state index in [1.807, 2.05) is 4.90 Å². The first-order valence-corrected chi connectivity index (χ1v) is 12.1. The number of benzene rings is 2. The smallest absolute Gasteiger partial charge is 0.255 e. The Morgan fingerprint density at radius 3 is 1.89 bits per heavy atom. The van der Waals surface area contributed by atoms with Crippen LogP contribution in [0.5, 0.6) is 5.75 Å². The molecule has 0 aromatic heterocycles. The Hall–Kier alpha value is -3.43. The molecule has 0 saturated carbocycles. The molecule has 0 unspecified atom stereocenters. The number of piperazine rings is 1. The van der Waals surface area contributed by atoms with Gasteiger partial charge in [0.1, 0.15) is 5.75 Å². The summed E-state index contributed by atoms with van der Waals surface area (Å²) < 4.78 is 5.12. The monoisotopic (exact) mass is 479 g/mol. The quantitative estimate of drug-likeness (QED) is 0.603. The first-order valence-electron chi connectivity index (χ1n) is 12.1. The van der Waals surface area contributed by atoms with Gasteiger partial charge in [-0.2, -0.15) is 0 Å². The van der Waals surface area contributed by atoms with Gasteiger partial charge >= 0.3 is 0 Å². The fourth-order valence-corrected chi connectivity index (χ4v) is 4.35. The van der Waals surface area contributed by atoms with Crippen LogP contribution >= 0.6 is 0 Å². The molecule has 2 saturated heterocycles. The normalized spacial score (nSPS) is 16.7. The molecule has 0 aliphatic carbocycles. The molecule has 2 aromatic carbocycles. The molecule has 9 nitrogen and oxygen atoms in total. The highest BCUT2D eigenvalue weighted by atomic mass is 16.5. The van der Waals surface area contributed by atoms with E-state index in [1.54, 1.807) is 55.6 Å². The van der Waals surface area contributed by atoms with Crippen LogP contribution in [-0.2, 0) is 9.59 Å². The van der Waals surface area contributed by atoms with Gasteiger partial charge < -0.3 is 20.3 Å². The molecular formula is C26H33N5O4. The third kappa shape index (κ3) is 7.03. The van der Waals surface area contributed by atoms with E-state index in [-0.39, 0.29) is 17.7 Å². The predicted octanol–water partition coefficient (Wildman–Crippen LogP) is 2.13. The number of anilines is 2. The van der Waals surface area contributed by atoms with E-state index in [2.05, 4.69) is 20.4 Å². The summed E-state index contributed by atoms with van der Waals surface area (Å²) in [6, 6.07) is 13.9. The molecule has 2 aliphatic heterocycles. The van der Waals surface area contributed by atoms with Crippen LogP contribution in [0.2, 0.25) is 0 Å². The van der Waals surface area contributed by atoms with Gasteiger partial charge in [-0.1, -0.05) is 0 Å². The second-order valence-corrected chi connectivity index (χ2v) is 8.95. The average molecular weight is 480 g/mol. The molecule has 2 N–H and O–H groups in total. The average Bonchev–Trinajstić information content (AvgIpc) is 3.41. The summed E-state index contributed by atoms with van der Waals surface area (Å²) in [5, 5.41) is 5.74. The molecular weight excluding hydrogens is 446 g/mol. The minimum absolute atomic E-state index is 0.0953. The molecule has 0 bridgehead atoms. The van der Waals surface area contributed by atoms with Crippen LogP contribution in [0.4, 0.5) is 11.4 Å². The van der Waals surface area contributed by atoms with Crippen molar-refractivity contribution in [3.8, 4) is 5.75 Å². The van der Waals surface area contributed by atoms with Crippen LogP contribution < -0.4 is 15.4 Å². The highest BCUT2D eigenvalue weighted by Crippen LogP contribution is 2.17. The summed E-state index contributed by atoms with van der Waals surface area (Å²) in [6.45, 7) is 5.61. The van der Waals surface area contributed by atoms with Crippen LogP contribution in [0.1, 0.15) is 23.2 Å². The summed E-state index contributed by atoms with van der Waals surface area (Å²) in [6.07, 6.45) is 2.21. The first kappa shape index (κ1) is 24.7. The van der Waals surface area contributed by atoms with Crippen molar-refractivity contribution in [3.63, 3.8) is 0 Å². The lowest BCUT2D eigenvalue weighted by Gasteiger charge is -2.34. The number of nitrogens with zero attached hydrogens (tertiary/aromatic N) is 3. The number of nitrogens with one attached hydrogen (secondary N) is 2. The van der Waals surface area contributed by atoms with Gasteiger partial charge in [0.05, 0.1) is 20.2 Å². The van der Waals surface area contributed by atoms with Crippen LogP contribution in [-0.4, -0.2) is 91.9 Å². The van der Waals surface area contributed by atoms with Crippen molar-refractivity contribution in [2.24, 2.45) is 0 Å². The number of methoxy groups -OCH3 is 1. The lowest BCUT2D eigenvalue weighted by molar-refractivity contribution is -0.132. The molecule has 2 aromatic rings. The van der Waals surface area contributed by atoms with Gasteiger partial charge in [0.15, 0.2) is 0 Å². The van der Waals surface area contributed by atoms with Gasteiger partial charge in [-0.25, -0.2) is 0 Å². The number of carbonyl (C=O) groups excluding carboxylic acids is 3. The summed E-state index contributed by atoms with van der Waals surface area (Å²) >= 11 is 0. The lowest BCUT2D eigenvalue weighted by atomic mass is 10.2. The number of amides is 3. The van der Waals surface area contributed by atoms with Crippen LogP contribution in [0.25, 0.3) is 0 Å². The van der Waals surface area contributed by atoms with Crippen molar-refractivity contribution in [1.29, 1.82) is 0 Å². The molecule has 35 heavy (non-hydrogen) atoms. The van der Waals surface area contributed by atoms with Gasteiger partial charge in [0, 0.05) is 56.2 Å². The maximum absolute atomic E-state index is 12.5. The molecule has 2 aliphatic rings. The van der Waals surface area contributed by atoms with Crippen molar-refractivity contribution < 1.29 is 19.1 Å². The van der Waals surface area contributed by atoms with E-state index in [4.69, 9.17) is 4.74 Å². The zero-order valence-corrected chi connectivity index (χ0v) is 20.2. The maximum atomic E-state index is 12.5. The number of hydrogen-bond donors (Lipinski definition) is 2. The second kappa shape index (κ2) is 11.8. The largest absolute Gasteiger partial charge is 0.497 e. The maximum Gasteiger partial charge on any atom is 0.255 e. The number of likely N-dealkylation sites (tertiary alicyclic amines) is 1. The molecule has 9 heteroatoms. The minimum atomic E-state index is -0.228. The van der Waals surface area contributed by atoms with E-state index < -0.39 is 0 Å². The molecule has 0 radical (unpaired) electrons. The van der Waals surface area contributed by atoms with Gasteiger partial charge in [0.25, 0.3) is 5.91 Å². The van der Waals surface area contributed by atoms with Gasteiger partial charge in [0.2, 0.25) is 11.8 Å². The van der Waals surface area contributed by atoms with Gasteiger partial charge in [-0.05, 0) is 61.4 Å². The topological polar surface area (TPSA) is 94.2 Å². The summed E-state index contributed by atoms with van der Waals surface area (Å²) in [4.78, 5) is 43.5. The predicted molar refractivity (Wildman–Crippen MR) is 135 cm³/mol. The van der Waals surface area contributed by atoms with Crippen molar-refractivity contribution >= 4 is 29.1 Å². The Morgan fingerprint density at radius 1 is 0.743 bits per heavy atom. The Bertz CT molecular complexity index is 1010. The first-order chi connectivity index (χ1) is 17.0. The Kier molecular flexibility index (Phi) is 8.33. The number of carbonyl (C=O) groups is 3. The van der Waals surface area contributed by atoms with Crippen molar-refractivity contribution in [1.82, 2.24) is 14.7 Å². The third-order valence-corrected chi connectivity index (χ3v) is 6.43. The Balaban J connectivity index is 1.18. The van der Waals surface area contributed by atoms with Crippen molar-refractivity contribution in [3.05, 3.63) is 54.1 Å². The van der Waals surface area contributed by atoms with E-state index in [0.717, 1.165) is 57.9 Å². The van der Waals surface area contributed by atoms with Gasteiger partial charge in [-0.3, -0.25) is 24.2 Å². The zero-order chi connectivity index (χ0) is 24.6. The summed E-state index contributed by atoms with van der Waals surface area (Å²) in [5.41, 5.74) is 1.82. The summed E-state index contributed by atoms with van der Waals surface area (Å²) in [7, 11) is 1.59. The van der Waals surface area contributed by atoms with Crippen molar-refractivity contribution in [2.45, 2.75) is 12.8 Å². The SMILES string of the molecule is COc1ccc(NC(=O)c2ccc(NC(=O)CN3CCN(CC(=O)N4CCCC4)CC3)cc2)cc1. The highest BCUT2D eigenvalue weighted by Gasteiger charge is 2.24. The minimum Gasteiger partial charge on any atom is -0.497 e. The third-order valence-electron chi connectivity index (χ3n) is 6.43. The van der Waals surface area contributed by atoms with E-state index in [9.17, 15) is 14.4 Å². The molecule has 186 valence electrons. The van der Waals surface area contributed by atoms with Crippen molar-refractivity contribution in [2.75, 3.05) is 70.1 Å². The number of ether oxygens (including phenoxy) is 1. The number of rotatable bonds is 8. The van der Waals surface area contributed by atoms with Gasteiger partial charge in [-0.15, -0.1) is 0 Å². The van der Waals surface area contributed by atoms with E-state index >= 15 is 0 Å². The molecule has 2 fully saturated rings. The fourth-order valence-electron chi connectivity index (χ4n) is 4.35. The fraction of sp³-hybridized carbons (Fsp3) is 0.423. The summed E-state index contributed by atoms with van der Waals surface area (Å²) in [5.74, 6) is 0.614. The molecule has 4 rings (SSSR count). The Morgan fingerprint density at radius 2 is 1.29 bits per heavy atom. The lowest BCUT2D eigenvalue weighted by Crippen LogP contribution is -2.51. The van der Waals surface area contributed by atoms with E-state index in [1.165, 1.54) is 0 Å². The molecule has 2 heterocycles. The zero-order valence-electron chi connectivity index (χ0n) is 20.2. The van der Waals surface area contributed by atoms with Crippen LogP contribution in [0.15, 0.2) is 48.5 Å². The van der Waals surface area contributed by atoms with E-state index in [0.29, 0.717) is 30.0 Å². The van der Waals surface area contributed by atoms with Crippen LogP contribution in [0, 0.1) is 0 Å². The molecule has 0 spiro atoms. The number of hydrogen-bond acceptors (Lipinski definition) is 6. The Labute approximate surface area is 206 Å². The standard InChI is InChI=1S/C26H33N5O4/c1-35-23-10-8-22(9-11-23)28-26(34)20-4-6-21(7-5-20)27-24(32)18-29-14-16-30(17-15-29)19-25(33)31-12-2-3-13-31/h4-11H,2-3,12-19H2,1H3,(H,27,32)(H,28,34). The van der Waals surface area contributed by atoms with Crippen LogP contribution in [0.3, 0.4) is 0 Å². The second-order valence-electron chi connectivity index (χ2n) is 8.95. The molecule has 3 amide bonds. The molecule has 0 atom stereocenters.